The molecule has 0 aromatic heterocycles. The summed E-state index contributed by atoms with van der Waals surface area (Å²) in [5.41, 5.74) is 7.51. The molecule has 2 aliphatic heterocycles. The fourth-order valence-corrected chi connectivity index (χ4v) is 3.55. The number of nitrogens with one attached hydrogen (secondary N) is 1. The maximum Gasteiger partial charge on any atom is 0.227 e. The van der Waals surface area contributed by atoms with Crippen LogP contribution in [0.5, 0.6) is 5.75 Å². The molecule has 1 atom stereocenters. The van der Waals surface area contributed by atoms with E-state index >= 15 is 0 Å². The Hall–Kier alpha value is -1.63. The molecule has 144 valence electrons. The molecule has 0 saturated carbocycles. The largest absolute Gasteiger partial charge is 0.491 e. The highest BCUT2D eigenvalue weighted by Crippen LogP contribution is 2.30. The third kappa shape index (κ3) is 4.55. The van der Waals surface area contributed by atoms with Crippen LogP contribution in [0.3, 0.4) is 0 Å². The summed E-state index contributed by atoms with van der Waals surface area (Å²) in [6, 6.07) is 6.07. The smallest absolute Gasteiger partial charge is 0.227 e. The molecule has 2 fully saturated rings. The van der Waals surface area contributed by atoms with Crippen molar-refractivity contribution in [2.45, 2.75) is 45.3 Å². The molecule has 1 aromatic carbocycles. The minimum absolute atomic E-state index is 0.00829. The van der Waals surface area contributed by atoms with Gasteiger partial charge in [0.2, 0.25) is 5.91 Å². The minimum Gasteiger partial charge on any atom is -0.491 e. The van der Waals surface area contributed by atoms with E-state index in [1.807, 2.05) is 25.1 Å². The Morgan fingerprint density at radius 1 is 1.35 bits per heavy atom. The topological polar surface area (TPSA) is 82.8 Å². The lowest BCUT2D eigenvalue weighted by molar-refractivity contribution is -0.136. The van der Waals surface area contributed by atoms with Gasteiger partial charge in [0.15, 0.2) is 0 Å². The zero-order valence-corrected chi connectivity index (χ0v) is 15.6. The van der Waals surface area contributed by atoms with Gasteiger partial charge in [-0.25, -0.2) is 0 Å². The Kier molecular flexibility index (Phi) is 6.51. The van der Waals surface area contributed by atoms with E-state index in [1.165, 1.54) is 0 Å². The van der Waals surface area contributed by atoms with E-state index in [0.717, 1.165) is 36.3 Å². The summed E-state index contributed by atoms with van der Waals surface area (Å²) >= 11 is 0. The summed E-state index contributed by atoms with van der Waals surface area (Å²) in [6.07, 6.45) is 3.65. The lowest BCUT2D eigenvalue weighted by Gasteiger charge is -2.34. The molecule has 0 spiro atoms. The number of rotatable bonds is 7. The highest BCUT2D eigenvalue weighted by atomic mass is 16.5. The van der Waals surface area contributed by atoms with Crippen molar-refractivity contribution < 1.29 is 19.0 Å². The molecule has 3 rings (SSSR count). The SMILES string of the molecule is Cc1ccc(CNC(=O)C2(CN)CCOCC2)c(OCC2CCCO2)c1. The van der Waals surface area contributed by atoms with Gasteiger partial charge in [-0.05, 0) is 44.2 Å². The summed E-state index contributed by atoms with van der Waals surface area (Å²) in [4.78, 5) is 12.8. The van der Waals surface area contributed by atoms with Crippen LogP contribution in [-0.2, 0) is 20.8 Å². The van der Waals surface area contributed by atoms with E-state index in [2.05, 4.69) is 5.32 Å². The van der Waals surface area contributed by atoms with Crippen molar-refractivity contribution in [3.05, 3.63) is 29.3 Å². The molecule has 2 heterocycles. The molecule has 0 radical (unpaired) electrons. The Morgan fingerprint density at radius 2 is 2.15 bits per heavy atom. The summed E-state index contributed by atoms with van der Waals surface area (Å²) in [6.45, 7) is 5.35. The molecule has 0 aliphatic carbocycles. The minimum atomic E-state index is -0.512. The maximum atomic E-state index is 12.8. The Bertz CT molecular complexity index is 608. The predicted molar refractivity (Wildman–Crippen MR) is 99.0 cm³/mol. The van der Waals surface area contributed by atoms with Crippen LogP contribution in [0.4, 0.5) is 0 Å². The van der Waals surface area contributed by atoms with Crippen molar-refractivity contribution in [3.8, 4) is 5.75 Å². The van der Waals surface area contributed by atoms with Gasteiger partial charge in [0.05, 0.1) is 11.5 Å². The van der Waals surface area contributed by atoms with Gasteiger partial charge in [0.1, 0.15) is 12.4 Å². The molecule has 1 unspecified atom stereocenters. The molecular weight excluding hydrogens is 332 g/mol. The first-order chi connectivity index (χ1) is 12.6. The predicted octanol–water partition coefficient (Wildman–Crippen LogP) is 1.92. The van der Waals surface area contributed by atoms with Gasteiger partial charge in [0.25, 0.3) is 0 Å². The van der Waals surface area contributed by atoms with Crippen molar-refractivity contribution in [2.24, 2.45) is 11.1 Å². The molecule has 0 bridgehead atoms. The van der Waals surface area contributed by atoms with Gasteiger partial charge in [0, 0.05) is 38.5 Å². The number of carbonyl (C=O) groups is 1. The summed E-state index contributed by atoms with van der Waals surface area (Å²) < 4.78 is 17.0. The van der Waals surface area contributed by atoms with Crippen molar-refractivity contribution in [1.82, 2.24) is 5.32 Å². The van der Waals surface area contributed by atoms with E-state index in [-0.39, 0.29) is 12.0 Å². The maximum absolute atomic E-state index is 12.8. The number of hydrogen-bond acceptors (Lipinski definition) is 5. The molecule has 1 aromatic rings. The summed E-state index contributed by atoms with van der Waals surface area (Å²) in [5.74, 6) is 0.823. The molecule has 2 saturated heterocycles. The van der Waals surface area contributed by atoms with E-state index in [9.17, 15) is 4.79 Å². The van der Waals surface area contributed by atoms with E-state index < -0.39 is 5.41 Å². The van der Waals surface area contributed by atoms with E-state index in [1.54, 1.807) is 0 Å². The molecular formula is C20H30N2O4. The number of hydrogen-bond donors (Lipinski definition) is 2. The van der Waals surface area contributed by atoms with Crippen molar-refractivity contribution in [2.75, 3.05) is 33.0 Å². The second kappa shape index (κ2) is 8.84. The molecule has 1 amide bonds. The second-order valence-electron chi connectivity index (χ2n) is 7.34. The van der Waals surface area contributed by atoms with Crippen LogP contribution in [-0.4, -0.2) is 45.0 Å². The average molecular weight is 362 g/mol. The number of carbonyl (C=O) groups excluding carboxylic acids is 1. The zero-order chi connectivity index (χ0) is 18.4. The monoisotopic (exact) mass is 362 g/mol. The van der Waals surface area contributed by atoms with Crippen molar-refractivity contribution >= 4 is 5.91 Å². The van der Waals surface area contributed by atoms with Crippen LogP contribution >= 0.6 is 0 Å². The van der Waals surface area contributed by atoms with Crippen LogP contribution in [0.2, 0.25) is 0 Å². The first-order valence-corrected chi connectivity index (χ1v) is 9.53. The standard InChI is InChI=1S/C20H30N2O4/c1-15-4-5-16(18(11-15)26-13-17-3-2-8-25-17)12-22-19(23)20(14-21)6-9-24-10-7-20/h4-5,11,17H,2-3,6-10,12-14,21H2,1H3,(H,22,23). The van der Waals surface area contributed by atoms with Gasteiger partial charge < -0.3 is 25.3 Å². The number of aryl methyl sites for hydroxylation is 1. The van der Waals surface area contributed by atoms with Gasteiger partial charge in [-0.1, -0.05) is 12.1 Å². The number of nitrogens with two attached hydrogens (primary N) is 1. The third-order valence-electron chi connectivity index (χ3n) is 5.43. The van der Waals surface area contributed by atoms with Gasteiger partial charge in [-0.3, -0.25) is 4.79 Å². The van der Waals surface area contributed by atoms with Gasteiger partial charge >= 0.3 is 0 Å². The highest BCUT2D eigenvalue weighted by Gasteiger charge is 2.38. The molecule has 2 aliphatic rings. The first-order valence-electron chi connectivity index (χ1n) is 9.53. The normalized spacial score (nSPS) is 22.2. The Morgan fingerprint density at radius 3 is 2.85 bits per heavy atom. The third-order valence-corrected chi connectivity index (χ3v) is 5.43. The van der Waals surface area contributed by atoms with Gasteiger partial charge in [-0.2, -0.15) is 0 Å². The lowest BCUT2D eigenvalue weighted by Crippen LogP contribution is -2.49. The highest BCUT2D eigenvalue weighted by molar-refractivity contribution is 5.83. The first kappa shape index (κ1) is 19.1. The Balaban J connectivity index is 1.62. The molecule has 6 nitrogen and oxygen atoms in total. The number of amides is 1. The van der Waals surface area contributed by atoms with E-state index in [0.29, 0.717) is 45.8 Å². The fraction of sp³-hybridized carbons (Fsp3) is 0.650. The van der Waals surface area contributed by atoms with Crippen LogP contribution < -0.4 is 15.8 Å². The number of benzene rings is 1. The van der Waals surface area contributed by atoms with Crippen LogP contribution in [0.25, 0.3) is 0 Å². The molecule has 6 heteroatoms. The second-order valence-corrected chi connectivity index (χ2v) is 7.34. The zero-order valence-electron chi connectivity index (χ0n) is 15.6. The van der Waals surface area contributed by atoms with Gasteiger partial charge in [-0.15, -0.1) is 0 Å². The van der Waals surface area contributed by atoms with E-state index in [4.69, 9.17) is 19.9 Å². The molecule has 3 N–H and O–H groups in total. The summed E-state index contributed by atoms with van der Waals surface area (Å²) in [5, 5.41) is 3.06. The Labute approximate surface area is 155 Å². The van der Waals surface area contributed by atoms with Crippen LogP contribution in [0, 0.1) is 12.3 Å². The summed E-state index contributed by atoms with van der Waals surface area (Å²) in [7, 11) is 0. The van der Waals surface area contributed by atoms with Crippen LogP contribution in [0.1, 0.15) is 36.8 Å². The molecule has 26 heavy (non-hydrogen) atoms. The average Bonchev–Trinajstić information content (AvgIpc) is 3.19. The fourth-order valence-electron chi connectivity index (χ4n) is 3.55. The number of ether oxygens (including phenoxy) is 3. The van der Waals surface area contributed by atoms with Crippen molar-refractivity contribution in [1.29, 1.82) is 0 Å². The van der Waals surface area contributed by atoms with Crippen molar-refractivity contribution in [3.63, 3.8) is 0 Å². The lowest BCUT2D eigenvalue weighted by atomic mass is 9.79. The van der Waals surface area contributed by atoms with Crippen LogP contribution in [0.15, 0.2) is 18.2 Å². The quantitative estimate of drug-likeness (QED) is 0.774.